The van der Waals surface area contributed by atoms with E-state index in [0.717, 1.165) is 0 Å². The van der Waals surface area contributed by atoms with Crippen molar-refractivity contribution in [2.75, 3.05) is 26.2 Å². The standard InChI is InChI=1S/C13H25N7O6/c14-7(6-21)11(25)20-8(2-1-3-17-13(15)16)12(26)19-4-9(22)18-5-10(23)24/h7-8,21H,1-6,14H2,(H,18,22)(H,19,26)(H,20,25)(H,23,24)(H4,15,16,17). The molecule has 13 heteroatoms. The van der Waals surface area contributed by atoms with E-state index in [2.05, 4.69) is 20.9 Å². The highest BCUT2D eigenvalue weighted by atomic mass is 16.4. The third kappa shape index (κ3) is 10.8. The van der Waals surface area contributed by atoms with E-state index in [1.54, 1.807) is 0 Å². The van der Waals surface area contributed by atoms with Crippen LogP contribution in [0, 0.1) is 0 Å². The number of hydrogen-bond acceptors (Lipinski definition) is 7. The maximum absolute atomic E-state index is 12.1. The zero-order chi connectivity index (χ0) is 20.1. The van der Waals surface area contributed by atoms with Crippen molar-refractivity contribution >= 4 is 29.7 Å². The van der Waals surface area contributed by atoms with Crippen molar-refractivity contribution in [2.24, 2.45) is 22.2 Å². The van der Waals surface area contributed by atoms with E-state index >= 15 is 0 Å². The van der Waals surface area contributed by atoms with Crippen LogP contribution in [-0.2, 0) is 19.2 Å². The molecule has 0 aliphatic rings. The molecule has 2 unspecified atom stereocenters. The number of carbonyl (C=O) groups is 4. The lowest BCUT2D eigenvalue weighted by Gasteiger charge is -2.19. The lowest BCUT2D eigenvalue weighted by atomic mass is 10.1. The summed E-state index contributed by atoms with van der Waals surface area (Å²) in [6, 6.07) is -2.25. The molecule has 0 radical (unpaired) electrons. The molecule has 148 valence electrons. The summed E-state index contributed by atoms with van der Waals surface area (Å²) in [5.74, 6) is -3.48. The van der Waals surface area contributed by atoms with Gasteiger partial charge in [0, 0.05) is 6.54 Å². The molecule has 26 heavy (non-hydrogen) atoms. The summed E-state index contributed by atoms with van der Waals surface area (Å²) < 4.78 is 0. The summed E-state index contributed by atoms with van der Waals surface area (Å²) in [6.07, 6.45) is 0.485. The Morgan fingerprint density at radius 3 is 2.23 bits per heavy atom. The average Bonchev–Trinajstić information content (AvgIpc) is 2.59. The van der Waals surface area contributed by atoms with E-state index in [9.17, 15) is 19.2 Å². The number of nitrogens with zero attached hydrogens (tertiary/aromatic N) is 1. The monoisotopic (exact) mass is 375 g/mol. The van der Waals surface area contributed by atoms with Gasteiger partial charge in [0.2, 0.25) is 17.7 Å². The number of guanidine groups is 1. The minimum Gasteiger partial charge on any atom is -0.480 e. The Balaban J connectivity index is 4.66. The number of carboxylic acids is 1. The summed E-state index contributed by atoms with van der Waals surface area (Å²) in [5, 5.41) is 24.0. The van der Waals surface area contributed by atoms with Crippen LogP contribution in [0.15, 0.2) is 4.99 Å². The fourth-order valence-corrected chi connectivity index (χ4v) is 1.66. The lowest BCUT2D eigenvalue weighted by molar-refractivity contribution is -0.138. The molecule has 0 aromatic rings. The normalized spacial score (nSPS) is 12.4. The van der Waals surface area contributed by atoms with E-state index in [1.807, 2.05) is 0 Å². The van der Waals surface area contributed by atoms with Crippen molar-refractivity contribution in [1.82, 2.24) is 16.0 Å². The molecule has 13 nitrogen and oxygen atoms in total. The molecule has 11 N–H and O–H groups in total. The average molecular weight is 375 g/mol. The van der Waals surface area contributed by atoms with Gasteiger partial charge >= 0.3 is 5.97 Å². The highest BCUT2D eigenvalue weighted by Gasteiger charge is 2.23. The van der Waals surface area contributed by atoms with E-state index in [0.29, 0.717) is 6.42 Å². The predicted octanol–water partition coefficient (Wildman–Crippen LogP) is -4.84. The topological polar surface area (TPSA) is 235 Å². The fourth-order valence-electron chi connectivity index (χ4n) is 1.66. The highest BCUT2D eigenvalue weighted by Crippen LogP contribution is 1.99. The molecule has 0 bridgehead atoms. The summed E-state index contributed by atoms with van der Waals surface area (Å²) in [5.41, 5.74) is 15.8. The first-order chi connectivity index (χ1) is 12.2. The maximum Gasteiger partial charge on any atom is 0.322 e. The number of hydrogen-bond donors (Lipinski definition) is 8. The van der Waals surface area contributed by atoms with Crippen LogP contribution < -0.4 is 33.2 Å². The van der Waals surface area contributed by atoms with Crippen molar-refractivity contribution in [3.05, 3.63) is 0 Å². The molecule has 0 aliphatic carbocycles. The Morgan fingerprint density at radius 1 is 1.04 bits per heavy atom. The first kappa shape index (κ1) is 23.1. The molecular weight excluding hydrogens is 350 g/mol. The number of nitrogens with two attached hydrogens (primary N) is 3. The van der Waals surface area contributed by atoms with Crippen molar-refractivity contribution in [2.45, 2.75) is 24.9 Å². The zero-order valence-corrected chi connectivity index (χ0v) is 14.1. The third-order valence-electron chi connectivity index (χ3n) is 2.97. The molecule has 0 rings (SSSR count). The van der Waals surface area contributed by atoms with Gasteiger partial charge in [0.25, 0.3) is 0 Å². The zero-order valence-electron chi connectivity index (χ0n) is 14.1. The number of amides is 3. The lowest BCUT2D eigenvalue weighted by Crippen LogP contribution is -2.53. The molecule has 0 aromatic carbocycles. The van der Waals surface area contributed by atoms with Gasteiger partial charge in [0.05, 0.1) is 13.2 Å². The molecule has 0 aliphatic heterocycles. The Labute approximate surface area is 149 Å². The molecule has 0 aromatic heterocycles. The van der Waals surface area contributed by atoms with Gasteiger partial charge in [0.1, 0.15) is 18.6 Å². The molecule has 0 saturated carbocycles. The van der Waals surface area contributed by atoms with Gasteiger partial charge in [0.15, 0.2) is 5.96 Å². The Kier molecular flexibility index (Phi) is 11.0. The summed E-state index contributed by atoms with van der Waals surface area (Å²) in [7, 11) is 0. The quantitative estimate of drug-likeness (QED) is 0.0925. The summed E-state index contributed by atoms with van der Waals surface area (Å²) in [4.78, 5) is 49.4. The van der Waals surface area contributed by atoms with E-state index in [1.165, 1.54) is 0 Å². The third-order valence-corrected chi connectivity index (χ3v) is 2.97. The van der Waals surface area contributed by atoms with Crippen molar-refractivity contribution in [3.63, 3.8) is 0 Å². The second-order valence-corrected chi connectivity index (χ2v) is 5.19. The molecule has 0 spiro atoms. The minimum absolute atomic E-state index is 0.118. The molecule has 3 amide bonds. The van der Waals surface area contributed by atoms with Gasteiger partial charge in [-0.05, 0) is 12.8 Å². The van der Waals surface area contributed by atoms with Gasteiger partial charge < -0.3 is 43.4 Å². The van der Waals surface area contributed by atoms with Gasteiger partial charge in [-0.15, -0.1) is 0 Å². The molecule has 0 heterocycles. The number of aliphatic hydroxyl groups excluding tert-OH is 1. The second kappa shape index (κ2) is 12.4. The highest BCUT2D eigenvalue weighted by molar-refractivity contribution is 5.92. The predicted molar refractivity (Wildman–Crippen MR) is 90.6 cm³/mol. The smallest absolute Gasteiger partial charge is 0.322 e. The number of rotatable bonds is 12. The first-order valence-corrected chi connectivity index (χ1v) is 7.65. The summed E-state index contributed by atoms with van der Waals surface area (Å²) in [6.45, 7) is -1.45. The van der Waals surface area contributed by atoms with E-state index < -0.39 is 55.5 Å². The van der Waals surface area contributed by atoms with Gasteiger partial charge in [-0.1, -0.05) is 0 Å². The number of aliphatic hydroxyl groups is 1. The van der Waals surface area contributed by atoms with E-state index in [4.69, 9.17) is 27.4 Å². The number of aliphatic carboxylic acids is 1. The molecule has 2 atom stereocenters. The van der Waals surface area contributed by atoms with Crippen molar-refractivity contribution in [1.29, 1.82) is 0 Å². The van der Waals surface area contributed by atoms with Crippen LogP contribution in [-0.4, -0.2) is 78.2 Å². The second-order valence-electron chi connectivity index (χ2n) is 5.19. The van der Waals surface area contributed by atoms with Crippen LogP contribution in [0.2, 0.25) is 0 Å². The Hall–Kier alpha value is -2.93. The summed E-state index contributed by atoms with van der Waals surface area (Å²) >= 11 is 0. The molecule has 0 saturated heterocycles. The maximum atomic E-state index is 12.1. The van der Waals surface area contributed by atoms with Crippen LogP contribution >= 0.6 is 0 Å². The largest absolute Gasteiger partial charge is 0.480 e. The van der Waals surface area contributed by atoms with Crippen molar-refractivity contribution in [3.8, 4) is 0 Å². The van der Waals surface area contributed by atoms with Gasteiger partial charge in [-0.3, -0.25) is 24.2 Å². The first-order valence-electron chi connectivity index (χ1n) is 7.65. The fraction of sp³-hybridized carbons (Fsp3) is 0.615. The van der Waals surface area contributed by atoms with E-state index in [-0.39, 0.29) is 18.9 Å². The number of aliphatic imine (C=N–C) groups is 1. The molecular formula is C13H25N7O6. The molecule has 0 fully saturated rings. The van der Waals surface area contributed by atoms with Crippen LogP contribution in [0.3, 0.4) is 0 Å². The van der Waals surface area contributed by atoms with Crippen molar-refractivity contribution < 1.29 is 29.4 Å². The number of carbonyl (C=O) groups excluding carboxylic acids is 3. The van der Waals surface area contributed by atoms with Crippen LogP contribution in [0.4, 0.5) is 0 Å². The van der Waals surface area contributed by atoms with Gasteiger partial charge in [-0.25, -0.2) is 0 Å². The minimum atomic E-state index is -1.23. The Morgan fingerprint density at radius 2 is 1.69 bits per heavy atom. The van der Waals surface area contributed by atoms with Crippen LogP contribution in [0.5, 0.6) is 0 Å². The van der Waals surface area contributed by atoms with Gasteiger partial charge in [-0.2, -0.15) is 0 Å². The Bertz CT molecular complexity index is 535. The SMILES string of the molecule is NC(N)=NCCCC(NC(=O)C(N)CO)C(=O)NCC(=O)NCC(=O)O. The number of carboxylic acid groups (broad SMARTS) is 1. The van der Waals surface area contributed by atoms with Crippen LogP contribution in [0.25, 0.3) is 0 Å². The van der Waals surface area contributed by atoms with Crippen LogP contribution in [0.1, 0.15) is 12.8 Å². The number of nitrogens with one attached hydrogen (secondary N) is 3.